The van der Waals surface area contributed by atoms with Crippen LogP contribution in [0.3, 0.4) is 0 Å². The molecule has 1 saturated heterocycles. The first-order valence-corrected chi connectivity index (χ1v) is 7.57. The van der Waals surface area contributed by atoms with E-state index in [0.717, 1.165) is 37.9 Å². The predicted molar refractivity (Wildman–Crippen MR) is 80.0 cm³/mol. The molecule has 1 atom stereocenters. The molecule has 0 bridgehead atoms. The van der Waals surface area contributed by atoms with Gasteiger partial charge in [0, 0.05) is 12.6 Å². The van der Waals surface area contributed by atoms with Gasteiger partial charge in [-0.3, -0.25) is 4.79 Å². The largest absolute Gasteiger partial charge is 0.416 e. The van der Waals surface area contributed by atoms with E-state index < -0.39 is 11.7 Å². The first kappa shape index (κ1) is 16.9. The summed E-state index contributed by atoms with van der Waals surface area (Å²) in [7, 11) is 0. The molecule has 1 aromatic carbocycles. The van der Waals surface area contributed by atoms with Crippen molar-refractivity contribution in [3.63, 3.8) is 0 Å². The van der Waals surface area contributed by atoms with E-state index in [2.05, 4.69) is 5.32 Å². The topological polar surface area (TPSA) is 32.3 Å². The van der Waals surface area contributed by atoms with E-state index in [-0.39, 0.29) is 23.5 Å². The highest BCUT2D eigenvalue weighted by atomic mass is 35.5. The zero-order valence-corrected chi connectivity index (χ0v) is 13.0. The minimum Gasteiger partial charge on any atom is -0.375 e. The molecule has 2 rings (SSSR count). The number of piperidine rings is 1. The van der Waals surface area contributed by atoms with Crippen molar-refractivity contribution in [2.75, 3.05) is 18.4 Å². The summed E-state index contributed by atoms with van der Waals surface area (Å²) >= 11 is 5.85. The van der Waals surface area contributed by atoms with Crippen molar-refractivity contribution in [2.24, 2.45) is 0 Å². The third-order valence-electron chi connectivity index (χ3n) is 3.85. The predicted octanol–water partition coefficient (Wildman–Crippen LogP) is 4.17. The molecule has 1 aromatic rings. The van der Waals surface area contributed by atoms with E-state index in [4.69, 9.17) is 11.6 Å². The maximum atomic E-state index is 12.6. The molecule has 0 radical (unpaired) electrons. The smallest absolute Gasteiger partial charge is 0.375 e. The second-order valence-electron chi connectivity index (χ2n) is 5.48. The van der Waals surface area contributed by atoms with Gasteiger partial charge < -0.3 is 10.2 Å². The maximum Gasteiger partial charge on any atom is 0.416 e. The van der Waals surface area contributed by atoms with Crippen molar-refractivity contribution in [2.45, 2.75) is 38.4 Å². The molecule has 1 aliphatic heterocycles. The summed E-state index contributed by atoms with van der Waals surface area (Å²) in [5.41, 5.74) is -0.480. The van der Waals surface area contributed by atoms with Crippen LogP contribution in [0.2, 0.25) is 5.02 Å². The second-order valence-corrected chi connectivity index (χ2v) is 5.89. The van der Waals surface area contributed by atoms with Gasteiger partial charge >= 0.3 is 6.18 Å². The Morgan fingerprint density at radius 3 is 2.73 bits per heavy atom. The molecule has 7 heteroatoms. The van der Waals surface area contributed by atoms with Gasteiger partial charge in [-0.15, -0.1) is 0 Å². The molecule has 122 valence electrons. The van der Waals surface area contributed by atoms with Crippen LogP contribution in [0, 0.1) is 0 Å². The first-order chi connectivity index (χ1) is 10.3. The summed E-state index contributed by atoms with van der Waals surface area (Å²) in [5.74, 6) is -0.0665. The fourth-order valence-electron chi connectivity index (χ4n) is 2.58. The number of amides is 1. The molecule has 22 heavy (non-hydrogen) atoms. The monoisotopic (exact) mass is 334 g/mol. The summed E-state index contributed by atoms with van der Waals surface area (Å²) < 4.78 is 37.7. The minimum absolute atomic E-state index is 0.0232. The molecule has 1 N–H and O–H groups in total. The van der Waals surface area contributed by atoms with Gasteiger partial charge in [0.05, 0.1) is 22.8 Å². The lowest BCUT2D eigenvalue weighted by Gasteiger charge is -2.33. The number of likely N-dealkylation sites (tertiary alicyclic amines) is 1. The van der Waals surface area contributed by atoms with Crippen LogP contribution < -0.4 is 5.32 Å². The third-order valence-corrected chi connectivity index (χ3v) is 4.16. The maximum absolute atomic E-state index is 12.6. The Bertz CT molecular complexity index is 548. The van der Waals surface area contributed by atoms with Crippen LogP contribution in [-0.4, -0.2) is 29.9 Å². The molecule has 0 aliphatic carbocycles. The Balaban J connectivity index is 1.98. The van der Waals surface area contributed by atoms with Gasteiger partial charge in [0.1, 0.15) is 0 Å². The summed E-state index contributed by atoms with van der Waals surface area (Å²) in [6.45, 7) is 2.75. The number of hydrogen-bond acceptors (Lipinski definition) is 2. The fourth-order valence-corrected chi connectivity index (χ4v) is 2.82. The highest BCUT2D eigenvalue weighted by Gasteiger charge is 2.31. The van der Waals surface area contributed by atoms with Crippen LogP contribution in [0.4, 0.5) is 18.9 Å². The van der Waals surface area contributed by atoms with Gasteiger partial charge in [-0.1, -0.05) is 11.6 Å². The lowest BCUT2D eigenvalue weighted by atomic mass is 10.0. The Kier molecular flexibility index (Phi) is 5.21. The summed E-state index contributed by atoms with van der Waals surface area (Å²) in [5, 5.41) is 2.77. The van der Waals surface area contributed by atoms with Crippen molar-refractivity contribution in [3.8, 4) is 0 Å². The van der Waals surface area contributed by atoms with Crippen LogP contribution in [0.1, 0.15) is 31.7 Å². The lowest BCUT2D eigenvalue weighted by Crippen LogP contribution is -2.44. The van der Waals surface area contributed by atoms with Gasteiger partial charge in [-0.2, -0.15) is 13.2 Å². The van der Waals surface area contributed by atoms with Crippen LogP contribution in [0.15, 0.2) is 18.2 Å². The average Bonchev–Trinajstić information content (AvgIpc) is 2.45. The van der Waals surface area contributed by atoms with Crippen LogP contribution >= 0.6 is 11.6 Å². The summed E-state index contributed by atoms with van der Waals surface area (Å²) in [6.07, 6.45) is -1.35. The van der Waals surface area contributed by atoms with E-state index in [9.17, 15) is 18.0 Å². The van der Waals surface area contributed by atoms with Crippen molar-refractivity contribution < 1.29 is 18.0 Å². The van der Waals surface area contributed by atoms with E-state index >= 15 is 0 Å². The highest BCUT2D eigenvalue weighted by molar-refractivity contribution is 6.33. The zero-order valence-electron chi connectivity index (χ0n) is 12.2. The van der Waals surface area contributed by atoms with E-state index in [1.807, 2.05) is 6.92 Å². The van der Waals surface area contributed by atoms with Gasteiger partial charge in [0.15, 0.2) is 0 Å². The molecule has 0 saturated carbocycles. The molecular formula is C15H18ClF3N2O. The van der Waals surface area contributed by atoms with Crippen LogP contribution in [-0.2, 0) is 11.0 Å². The number of rotatable bonds is 3. The highest BCUT2D eigenvalue weighted by Crippen LogP contribution is 2.33. The van der Waals surface area contributed by atoms with Gasteiger partial charge in [-0.25, -0.2) is 0 Å². The molecule has 1 heterocycles. The molecule has 0 aromatic heterocycles. The summed E-state index contributed by atoms with van der Waals surface area (Å²) in [6, 6.07) is 3.25. The van der Waals surface area contributed by atoms with E-state index in [0.29, 0.717) is 5.69 Å². The number of hydrogen-bond donors (Lipinski definition) is 1. The number of halogens is 4. The quantitative estimate of drug-likeness (QED) is 0.899. The second kappa shape index (κ2) is 6.77. The molecule has 0 spiro atoms. The fraction of sp³-hybridized carbons (Fsp3) is 0.533. The Hall–Kier alpha value is -1.43. The number of carbonyl (C=O) groups excluding carboxylic acids is 1. The van der Waals surface area contributed by atoms with Gasteiger partial charge in [-0.05, 0) is 44.4 Å². The molecule has 1 fully saturated rings. The zero-order chi connectivity index (χ0) is 16.3. The molecular weight excluding hydrogens is 317 g/mol. The van der Waals surface area contributed by atoms with E-state index in [1.165, 1.54) is 6.07 Å². The standard InChI is InChI=1S/C15H18ClF3N2O/c1-10-4-2-3-7-21(10)14(22)9-20-13-6-5-11(8-12(13)16)15(17,18)19/h5-6,8,10,20H,2-4,7,9H2,1H3. The third kappa shape index (κ3) is 4.06. The minimum atomic E-state index is -4.43. The van der Waals surface area contributed by atoms with Crippen LogP contribution in [0.25, 0.3) is 0 Å². The number of nitrogens with one attached hydrogen (secondary N) is 1. The Morgan fingerprint density at radius 1 is 1.41 bits per heavy atom. The van der Waals surface area contributed by atoms with Crippen molar-refractivity contribution in [1.82, 2.24) is 4.90 Å². The van der Waals surface area contributed by atoms with Gasteiger partial charge in [0.25, 0.3) is 0 Å². The van der Waals surface area contributed by atoms with Crippen molar-refractivity contribution >= 4 is 23.2 Å². The Labute approximate surface area is 132 Å². The van der Waals surface area contributed by atoms with Crippen LogP contribution in [0.5, 0.6) is 0 Å². The number of carbonyl (C=O) groups is 1. The van der Waals surface area contributed by atoms with Gasteiger partial charge in [0.2, 0.25) is 5.91 Å². The molecule has 1 unspecified atom stereocenters. The van der Waals surface area contributed by atoms with E-state index in [1.54, 1.807) is 4.90 Å². The SMILES string of the molecule is CC1CCCCN1C(=O)CNc1ccc(C(F)(F)F)cc1Cl. The van der Waals surface area contributed by atoms with Crippen molar-refractivity contribution in [3.05, 3.63) is 28.8 Å². The van der Waals surface area contributed by atoms with Crippen molar-refractivity contribution in [1.29, 1.82) is 0 Å². The number of alkyl halides is 3. The Morgan fingerprint density at radius 2 is 2.14 bits per heavy atom. The first-order valence-electron chi connectivity index (χ1n) is 7.19. The average molecular weight is 335 g/mol. The molecule has 3 nitrogen and oxygen atoms in total. The molecule has 1 amide bonds. The number of benzene rings is 1. The number of anilines is 1. The normalized spacial score (nSPS) is 19.1. The summed E-state index contributed by atoms with van der Waals surface area (Å²) in [4.78, 5) is 14.0. The lowest BCUT2D eigenvalue weighted by molar-refractivity contribution is -0.137. The molecule has 1 aliphatic rings. The number of nitrogens with zero attached hydrogens (tertiary/aromatic N) is 1.